The summed E-state index contributed by atoms with van der Waals surface area (Å²) in [4.78, 5) is 4.33. The minimum absolute atomic E-state index is 0.503. The number of nitrogens with zero attached hydrogens (tertiary/aromatic N) is 1. The van der Waals surface area contributed by atoms with Crippen molar-refractivity contribution in [2.75, 3.05) is 5.32 Å². The number of halogens is 1. The van der Waals surface area contributed by atoms with Crippen molar-refractivity contribution in [3.05, 3.63) is 9.98 Å². The Morgan fingerprint density at radius 3 is 2.57 bits per heavy atom. The lowest BCUT2D eigenvalue weighted by atomic mass is 9.96. The summed E-state index contributed by atoms with van der Waals surface area (Å²) in [5, 5.41) is 6.45. The fraction of sp³-hybridized carbons (Fsp3) is 0.700. The van der Waals surface area contributed by atoms with E-state index in [-0.39, 0.29) is 0 Å². The Hall–Kier alpha value is -0.0900. The molecule has 1 heterocycles. The van der Waals surface area contributed by atoms with Crippen LogP contribution in [0.25, 0.3) is 0 Å². The first kappa shape index (κ1) is 12.0. The van der Waals surface area contributed by atoms with Crippen molar-refractivity contribution in [1.29, 1.82) is 0 Å². The molecule has 0 aromatic carbocycles. The third-order valence-electron chi connectivity index (χ3n) is 2.58. The largest absolute Gasteiger partial charge is 0.359 e. The molecule has 1 rings (SSSR count). The Balaban J connectivity index is 2.51. The molecule has 1 aromatic rings. The molecule has 0 radical (unpaired) electrons. The maximum Gasteiger partial charge on any atom is 0.183 e. The number of anilines is 1. The number of nitrogens with one attached hydrogen (secondary N) is 1. The van der Waals surface area contributed by atoms with Gasteiger partial charge in [-0.15, -0.1) is 11.3 Å². The molecule has 0 saturated heterocycles. The monoisotopic (exact) mass is 276 g/mol. The van der Waals surface area contributed by atoms with Gasteiger partial charge in [-0.05, 0) is 28.8 Å². The van der Waals surface area contributed by atoms with Gasteiger partial charge in [0.1, 0.15) is 4.60 Å². The summed E-state index contributed by atoms with van der Waals surface area (Å²) in [6.45, 7) is 6.71. The van der Waals surface area contributed by atoms with E-state index in [0.717, 1.165) is 15.7 Å². The lowest BCUT2D eigenvalue weighted by Gasteiger charge is -2.21. The van der Waals surface area contributed by atoms with Crippen molar-refractivity contribution in [3.63, 3.8) is 0 Å². The minimum atomic E-state index is 0.503. The molecule has 0 amide bonds. The number of hydrogen-bond donors (Lipinski definition) is 1. The van der Waals surface area contributed by atoms with Crippen LogP contribution in [0.1, 0.15) is 33.6 Å². The van der Waals surface area contributed by atoms with Crippen molar-refractivity contribution in [2.24, 2.45) is 5.92 Å². The Bertz CT molecular complexity index is 271. The third kappa shape index (κ3) is 3.24. The van der Waals surface area contributed by atoms with E-state index in [1.165, 1.54) is 12.8 Å². The normalized spacial score (nSPS) is 13.2. The van der Waals surface area contributed by atoms with Crippen LogP contribution >= 0.6 is 27.3 Å². The van der Waals surface area contributed by atoms with E-state index in [9.17, 15) is 0 Å². The SMILES string of the molecule is CCC(CC)C(C)Nc1nc(Br)cs1. The second-order valence-electron chi connectivity index (χ2n) is 3.48. The van der Waals surface area contributed by atoms with Crippen molar-refractivity contribution in [3.8, 4) is 0 Å². The molecule has 2 nitrogen and oxygen atoms in total. The van der Waals surface area contributed by atoms with E-state index >= 15 is 0 Å². The summed E-state index contributed by atoms with van der Waals surface area (Å²) in [7, 11) is 0. The second kappa shape index (κ2) is 5.71. The molecule has 80 valence electrons. The van der Waals surface area contributed by atoms with E-state index in [4.69, 9.17) is 0 Å². The van der Waals surface area contributed by atoms with Crippen molar-refractivity contribution >= 4 is 32.4 Å². The Morgan fingerprint density at radius 1 is 1.50 bits per heavy atom. The van der Waals surface area contributed by atoms with E-state index < -0.39 is 0 Å². The molecule has 0 spiro atoms. The Labute approximate surface area is 98.3 Å². The first-order chi connectivity index (χ1) is 6.67. The number of rotatable bonds is 5. The summed E-state index contributed by atoms with van der Waals surface area (Å²) in [5.41, 5.74) is 0. The average molecular weight is 277 g/mol. The van der Waals surface area contributed by atoms with E-state index in [1.54, 1.807) is 11.3 Å². The predicted octanol–water partition coefficient (Wildman–Crippen LogP) is 4.14. The Kier molecular flexibility index (Phi) is 4.89. The summed E-state index contributed by atoms with van der Waals surface area (Å²) < 4.78 is 0.918. The quantitative estimate of drug-likeness (QED) is 0.874. The zero-order valence-corrected chi connectivity index (χ0v) is 11.3. The highest BCUT2D eigenvalue weighted by molar-refractivity contribution is 9.10. The number of thiazole rings is 1. The summed E-state index contributed by atoms with van der Waals surface area (Å²) >= 11 is 5.00. The van der Waals surface area contributed by atoms with Crippen molar-refractivity contribution in [2.45, 2.75) is 39.7 Å². The van der Waals surface area contributed by atoms with Crippen LogP contribution < -0.4 is 5.32 Å². The highest BCUT2D eigenvalue weighted by Gasteiger charge is 2.14. The zero-order chi connectivity index (χ0) is 10.6. The second-order valence-corrected chi connectivity index (χ2v) is 5.16. The van der Waals surface area contributed by atoms with Gasteiger partial charge < -0.3 is 5.32 Å². The fourth-order valence-corrected chi connectivity index (χ4v) is 2.87. The maximum atomic E-state index is 4.33. The summed E-state index contributed by atoms with van der Waals surface area (Å²) in [5.74, 6) is 0.734. The van der Waals surface area contributed by atoms with Crippen molar-refractivity contribution in [1.82, 2.24) is 4.98 Å². The smallest absolute Gasteiger partial charge is 0.183 e. The van der Waals surface area contributed by atoms with E-state index in [2.05, 4.69) is 47.0 Å². The van der Waals surface area contributed by atoms with Gasteiger partial charge in [-0.1, -0.05) is 26.7 Å². The van der Waals surface area contributed by atoms with Gasteiger partial charge in [-0.2, -0.15) is 0 Å². The highest BCUT2D eigenvalue weighted by Crippen LogP contribution is 2.23. The van der Waals surface area contributed by atoms with Gasteiger partial charge in [0.15, 0.2) is 5.13 Å². The van der Waals surface area contributed by atoms with Gasteiger partial charge in [0.25, 0.3) is 0 Å². The van der Waals surface area contributed by atoms with Crippen LogP contribution in [-0.2, 0) is 0 Å². The predicted molar refractivity (Wildman–Crippen MR) is 67.0 cm³/mol. The first-order valence-corrected chi connectivity index (χ1v) is 6.72. The topological polar surface area (TPSA) is 24.9 Å². The first-order valence-electron chi connectivity index (χ1n) is 5.04. The molecule has 1 aromatic heterocycles. The Morgan fingerprint density at radius 2 is 2.14 bits per heavy atom. The standard InChI is InChI=1S/C10H17BrN2S/c1-4-8(5-2)7(3)12-10-13-9(11)6-14-10/h6-8H,4-5H2,1-3H3,(H,12,13). The van der Waals surface area contributed by atoms with Crippen LogP contribution in [0.3, 0.4) is 0 Å². The lowest BCUT2D eigenvalue weighted by Crippen LogP contribution is -2.24. The van der Waals surface area contributed by atoms with Gasteiger partial charge in [0.05, 0.1) is 0 Å². The molecular weight excluding hydrogens is 260 g/mol. The van der Waals surface area contributed by atoms with Crippen LogP contribution in [0.5, 0.6) is 0 Å². The van der Waals surface area contributed by atoms with Gasteiger partial charge in [-0.3, -0.25) is 0 Å². The van der Waals surface area contributed by atoms with E-state index in [0.29, 0.717) is 6.04 Å². The molecule has 14 heavy (non-hydrogen) atoms. The van der Waals surface area contributed by atoms with Gasteiger partial charge in [0.2, 0.25) is 0 Å². The highest BCUT2D eigenvalue weighted by atomic mass is 79.9. The zero-order valence-electron chi connectivity index (χ0n) is 8.88. The van der Waals surface area contributed by atoms with Gasteiger partial charge in [0, 0.05) is 11.4 Å². The average Bonchev–Trinajstić information content (AvgIpc) is 2.53. The molecule has 4 heteroatoms. The van der Waals surface area contributed by atoms with Crippen molar-refractivity contribution < 1.29 is 0 Å². The number of hydrogen-bond acceptors (Lipinski definition) is 3. The maximum absolute atomic E-state index is 4.33. The van der Waals surface area contributed by atoms with Crippen LogP contribution in [0.4, 0.5) is 5.13 Å². The fourth-order valence-electron chi connectivity index (χ4n) is 1.63. The minimum Gasteiger partial charge on any atom is -0.359 e. The molecule has 0 bridgehead atoms. The van der Waals surface area contributed by atoms with Gasteiger partial charge >= 0.3 is 0 Å². The van der Waals surface area contributed by atoms with Crippen LogP contribution in [0.2, 0.25) is 0 Å². The lowest BCUT2D eigenvalue weighted by molar-refractivity contribution is 0.437. The molecule has 0 aliphatic heterocycles. The van der Waals surface area contributed by atoms with Gasteiger partial charge in [-0.25, -0.2) is 4.98 Å². The number of aromatic nitrogens is 1. The molecule has 1 N–H and O–H groups in total. The molecule has 0 aliphatic carbocycles. The van der Waals surface area contributed by atoms with Crippen LogP contribution in [0.15, 0.2) is 9.98 Å². The van der Waals surface area contributed by atoms with E-state index in [1.807, 2.05) is 5.38 Å². The molecule has 1 atom stereocenters. The van der Waals surface area contributed by atoms with Crippen LogP contribution in [-0.4, -0.2) is 11.0 Å². The van der Waals surface area contributed by atoms with Crippen LogP contribution in [0, 0.1) is 5.92 Å². The molecule has 0 aliphatic rings. The third-order valence-corrected chi connectivity index (χ3v) is 4.07. The molecule has 0 fully saturated rings. The summed E-state index contributed by atoms with van der Waals surface area (Å²) in [6, 6.07) is 0.503. The summed E-state index contributed by atoms with van der Waals surface area (Å²) in [6.07, 6.45) is 2.44. The molecule has 1 unspecified atom stereocenters. The molecular formula is C10H17BrN2S. The molecule has 0 saturated carbocycles.